The molecule has 1 amide bonds. The summed E-state index contributed by atoms with van der Waals surface area (Å²) in [7, 11) is 0. The molecule has 0 unspecified atom stereocenters. The maximum absolute atomic E-state index is 11.0. The lowest BCUT2D eigenvalue weighted by Crippen LogP contribution is -2.44. The van der Waals surface area contributed by atoms with Crippen LogP contribution in [0.15, 0.2) is 0 Å². The first-order chi connectivity index (χ1) is 4.88. The van der Waals surface area contributed by atoms with Crippen LogP contribution in [0.4, 0.5) is 0 Å². The van der Waals surface area contributed by atoms with Crippen molar-refractivity contribution in [2.24, 2.45) is 0 Å². The topological polar surface area (TPSA) is 29.5 Å². The number of hydroxylamine groups is 2. The predicted octanol–water partition coefficient (Wildman–Crippen LogP) is 0.266. The standard InChI is InChI=1S/C6H9NO2S/c8-6-1-2-9-7(6)5-3-10-4-5/h5H,1-4H2. The molecule has 0 aromatic rings. The highest BCUT2D eigenvalue weighted by Gasteiger charge is 2.33. The van der Waals surface area contributed by atoms with E-state index in [2.05, 4.69) is 0 Å². The molecule has 2 fully saturated rings. The van der Waals surface area contributed by atoms with Crippen LogP contribution in [0.2, 0.25) is 0 Å². The van der Waals surface area contributed by atoms with Crippen molar-refractivity contribution >= 4 is 17.7 Å². The van der Waals surface area contributed by atoms with Crippen molar-refractivity contribution in [3.05, 3.63) is 0 Å². The zero-order valence-electron chi connectivity index (χ0n) is 5.58. The molecule has 0 bridgehead atoms. The van der Waals surface area contributed by atoms with Gasteiger partial charge >= 0.3 is 0 Å². The van der Waals surface area contributed by atoms with E-state index in [4.69, 9.17) is 4.84 Å². The largest absolute Gasteiger partial charge is 0.272 e. The predicted molar refractivity (Wildman–Crippen MR) is 38.5 cm³/mol. The summed E-state index contributed by atoms with van der Waals surface area (Å²) in [4.78, 5) is 16.1. The number of hydrogen-bond donors (Lipinski definition) is 0. The van der Waals surface area contributed by atoms with Crippen LogP contribution in [-0.4, -0.2) is 35.1 Å². The number of hydrogen-bond acceptors (Lipinski definition) is 3. The van der Waals surface area contributed by atoms with E-state index < -0.39 is 0 Å². The van der Waals surface area contributed by atoms with E-state index in [0.29, 0.717) is 19.1 Å². The molecule has 0 atom stereocenters. The molecule has 0 spiro atoms. The second-order valence-corrected chi connectivity index (χ2v) is 3.57. The smallest absolute Gasteiger partial charge is 0.248 e. The molecule has 2 heterocycles. The van der Waals surface area contributed by atoms with Crippen LogP contribution in [0.1, 0.15) is 6.42 Å². The van der Waals surface area contributed by atoms with Crippen molar-refractivity contribution in [1.29, 1.82) is 0 Å². The lowest BCUT2D eigenvalue weighted by atomic mass is 10.3. The first-order valence-corrected chi connectivity index (χ1v) is 4.56. The van der Waals surface area contributed by atoms with Gasteiger partial charge < -0.3 is 0 Å². The molecule has 0 N–H and O–H groups in total. The molecule has 2 saturated heterocycles. The molecule has 56 valence electrons. The molecule has 2 rings (SSSR count). The highest BCUT2D eigenvalue weighted by Crippen LogP contribution is 2.25. The fourth-order valence-electron chi connectivity index (χ4n) is 1.08. The first kappa shape index (κ1) is 6.49. The lowest BCUT2D eigenvalue weighted by Gasteiger charge is -2.31. The maximum atomic E-state index is 11.0. The van der Waals surface area contributed by atoms with Crippen molar-refractivity contribution in [3.8, 4) is 0 Å². The summed E-state index contributed by atoms with van der Waals surface area (Å²) in [5, 5.41) is 1.55. The Morgan fingerprint density at radius 1 is 1.60 bits per heavy atom. The van der Waals surface area contributed by atoms with Crippen molar-refractivity contribution in [3.63, 3.8) is 0 Å². The summed E-state index contributed by atoms with van der Waals surface area (Å²) >= 11 is 1.86. The summed E-state index contributed by atoms with van der Waals surface area (Å²) in [6.07, 6.45) is 0.571. The Balaban J connectivity index is 1.96. The molecule has 0 radical (unpaired) electrons. The summed E-state index contributed by atoms with van der Waals surface area (Å²) in [6.45, 7) is 0.583. The van der Waals surface area contributed by atoms with E-state index in [1.54, 1.807) is 5.06 Å². The monoisotopic (exact) mass is 159 g/mol. The highest BCUT2D eigenvalue weighted by molar-refractivity contribution is 8.00. The zero-order chi connectivity index (χ0) is 6.97. The van der Waals surface area contributed by atoms with Gasteiger partial charge in [-0.2, -0.15) is 11.8 Å². The average Bonchev–Trinajstić information content (AvgIpc) is 2.12. The van der Waals surface area contributed by atoms with Gasteiger partial charge in [-0.25, -0.2) is 5.06 Å². The fourth-order valence-corrected chi connectivity index (χ4v) is 1.80. The Kier molecular flexibility index (Phi) is 1.58. The van der Waals surface area contributed by atoms with Crippen LogP contribution in [0, 0.1) is 0 Å². The van der Waals surface area contributed by atoms with Gasteiger partial charge in [-0.05, 0) is 0 Å². The van der Waals surface area contributed by atoms with Crippen molar-refractivity contribution in [2.75, 3.05) is 18.1 Å². The molecule has 2 aliphatic heterocycles. The van der Waals surface area contributed by atoms with E-state index in [1.807, 2.05) is 11.8 Å². The van der Waals surface area contributed by atoms with Gasteiger partial charge in [-0.1, -0.05) is 0 Å². The van der Waals surface area contributed by atoms with Gasteiger partial charge in [0.1, 0.15) is 0 Å². The van der Waals surface area contributed by atoms with Crippen molar-refractivity contribution < 1.29 is 9.63 Å². The molecule has 10 heavy (non-hydrogen) atoms. The lowest BCUT2D eigenvalue weighted by molar-refractivity contribution is -0.170. The molecular weight excluding hydrogens is 150 g/mol. The van der Waals surface area contributed by atoms with Crippen LogP contribution < -0.4 is 0 Å². The Morgan fingerprint density at radius 2 is 2.40 bits per heavy atom. The Hall–Kier alpha value is -0.220. The third-order valence-electron chi connectivity index (χ3n) is 1.74. The average molecular weight is 159 g/mol. The SMILES string of the molecule is O=C1CCON1C1CSC1. The molecule has 0 aromatic carbocycles. The molecule has 2 aliphatic rings. The van der Waals surface area contributed by atoms with Crippen LogP contribution in [0.25, 0.3) is 0 Å². The summed E-state index contributed by atoms with van der Waals surface area (Å²) in [6, 6.07) is 0.375. The molecule has 4 heteroatoms. The Morgan fingerprint density at radius 3 is 2.80 bits per heavy atom. The van der Waals surface area contributed by atoms with Gasteiger partial charge in [0, 0.05) is 11.5 Å². The number of carbonyl (C=O) groups excluding carboxylic acids is 1. The quantitative estimate of drug-likeness (QED) is 0.550. The van der Waals surface area contributed by atoms with Gasteiger partial charge in [-0.15, -0.1) is 0 Å². The van der Waals surface area contributed by atoms with Gasteiger partial charge in [0.05, 0.1) is 19.1 Å². The normalized spacial score (nSPS) is 27.2. The summed E-state index contributed by atoms with van der Waals surface area (Å²) in [5.74, 6) is 2.25. The minimum atomic E-state index is 0.158. The minimum Gasteiger partial charge on any atom is -0.272 e. The van der Waals surface area contributed by atoms with Crippen LogP contribution >= 0.6 is 11.8 Å². The van der Waals surface area contributed by atoms with Crippen molar-refractivity contribution in [1.82, 2.24) is 5.06 Å². The number of rotatable bonds is 1. The van der Waals surface area contributed by atoms with Crippen LogP contribution in [0.5, 0.6) is 0 Å². The van der Waals surface area contributed by atoms with E-state index in [9.17, 15) is 4.79 Å². The summed E-state index contributed by atoms with van der Waals surface area (Å²) < 4.78 is 0. The second kappa shape index (κ2) is 2.43. The van der Waals surface area contributed by atoms with E-state index in [-0.39, 0.29) is 5.91 Å². The number of nitrogens with zero attached hydrogens (tertiary/aromatic N) is 1. The first-order valence-electron chi connectivity index (χ1n) is 3.40. The molecule has 0 saturated carbocycles. The third kappa shape index (κ3) is 0.914. The molecule has 3 nitrogen and oxygen atoms in total. The Labute approximate surface area is 63.7 Å². The van der Waals surface area contributed by atoms with E-state index >= 15 is 0 Å². The molecule has 0 aromatic heterocycles. The molecule has 0 aliphatic carbocycles. The van der Waals surface area contributed by atoms with E-state index in [1.165, 1.54) is 0 Å². The van der Waals surface area contributed by atoms with Gasteiger partial charge in [0.25, 0.3) is 0 Å². The maximum Gasteiger partial charge on any atom is 0.248 e. The number of thioether (sulfide) groups is 1. The van der Waals surface area contributed by atoms with Crippen molar-refractivity contribution in [2.45, 2.75) is 12.5 Å². The van der Waals surface area contributed by atoms with Gasteiger partial charge in [0.2, 0.25) is 5.91 Å². The fraction of sp³-hybridized carbons (Fsp3) is 0.833. The summed E-state index contributed by atoms with van der Waals surface area (Å²) in [5.41, 5.74) is 0. The Bertz CT molecular complexity index is 158. The number of amides is 1. The molecular formula is C6H9NO2S. The van der Waals surface area contributed by atoms with Gasteiger partial charge in [-0.3, -0.25) is 9.63 Å². The zero-order valence-corrected chi connectivity index (χ0v) is 6.39. The number of carbonyl (C=O) groups is 1. The van der Waals surface area contributed by atoms with Crippen LogP contribution in [-0.2, 0) is 9.63 Å². The van der Waals surface area contributed by atoms with E-state index in [0.717, 1.165) is 11.5 Å². The van der Waals surface area contributed by atoms with Crippen LogP contribution in [0.3, 0.4) is 0 Å². The third-order valence-corrected chi connectivity index (χ3v) is 2.99. The highest BCUT2D eigenvalue weighted by atomic mass is 32.2. The van der Waals surface area contributed by atoms with Gasteiger partial charge in [0.15, 0.2) is 0 Å². The minimum absolute atomic E-state index is 0.158. The second-order valence-electron chi connectivity index (χ2n) is 2.49.